The zero-order valence-corrected chi connectivity index (χ0v) is 14.8. The van der Waals surface area contributed by atoms with E-state index in [9.17, 15) is 14.5 Å². The highest BCUT2D eigenvalue weighted by Crippen LogP contribution is 2.56. The van der Waals surface area contributed by atoms with Crippen molar-refractivity contribution in [1.29, 1.82) is 0 Å². The minimum Gasteiger partial charge on any atom is -0.263 e. The SMILES string of the molecule is O=[N+]([O-])c1ccc(C2[C@H]3C(c4ccccc4)=N[C@@H](c4ccccc4F)N23)cc1. The molecular weight excluding hydrogens is 357 g/mol. The summed E-state index contributed by atoms with van der Waals surface area (Å²) in [5.74, 6) is -0.279. The first kappa shape index (κ1) is 16.8. The average molecular weight is 373 g/mol. The van der Waals surface area contributed by atoms with Gasteiger partial charge < -0.3 is 0 Å². The van der Waals surface area contributed by atoms with Crippen molar-refractivity contribution in [3.05, 3.63) is 111 Å². The van der Waals surface area contributed by atoms with Crippen LogP contribution in [0.3, 0.4) is 0 Å². The molecule has 3 aromatic carbocycles. The molecule has 5 rings (SSSR count). The third kappa shape index (κ3) is 2.61. The first-order chi connectivity index (χ1) is 13.6. The van der Waals surface area contributed by atoms with Crippen LogP contribution < -0.4 is 0 Å². The number of nitro benzene ring substituents is 1. The molecule has 0 spiro atoms. The van der Waals surface area contributed by atoms with Crippen molar-refractivity contribution in [2.24, 2.45) is 4.99 Å². The molecule has 2 aliphatic rings. The number of hydrogen-bond acceptors (Lipinski definition) is 4. The molecule has 5 nitrogen and oxygen atoms in total. The van der Waals surface area contributed by atoms with Gasteiger partial charge in [-0.15, -0.1) is 0 Å². The Morgan fingerprint density at radius 2 is 1.57 bits per heavy atom. The van der Waals surface area contributed by atoms with E-state index in [2.05, 4.69) is 4.90 Å². The molecule has 28 heavy (non-hydrogen) atoms. The molecule has 3 aromatic rings. The third-order valence-electron chi connectivity index (χ3n) is 5.37. The monoisotopic (exact) mass is 373 g/mol. The molecule has 4 atom stereocenters. The Morgan fingerprint density at radius 3 is 2.25 bits per heavy atom. The molecule has 0 amide bonds. The lowest BCUT2D eigenvalue weighted by atomic mass is 10.0. The first-order valence-corrected chi connectivity index (χ1v) is 9.04. The topological polar surface area (TPSA) is 58.5 Å². The van der Waals surface area contributed by atoms with Gasteiger partial charge in [-0.25, -0.2) is 4.39 Å². The van der Waals surface area contributed by atoms with Gasteiger partial charge in [0.2, 0.25) is 0 Å². The van der Waals surface area contributed by atoms with Gasteiger partial charge in [0.1, 0.15) is 12.0 Å². The van der Waals surface area contributed by atoms with Crippen molar-refractivity contribution in [3.8, 4) is 0 Å². The summed E-state index contributed by atoms with van der Waals surface area (Å²) in [5, 5.41) is 10.9. The highest BCUT2D eigenvalue weighted by Gasteiger charge is 2.59. The van der Waals surface area contributed by atoms with Crippen LogP contribution in [-0.2, 0) is 0 Å². The number of benzene rings is 3. The van der Waals surface area contributed by atoms with Crippen molar-refractivity contribution in [1.82, 2.24) is 4.90 Å². The van der Waals surface area contributed by atoms with E-state index in [0.717, 1.165) is 16.8 Å². The van der Waals surface area contributed by atoms with E-state index < -0.39 is 11.1 Å². The second-order valence-corrected chi connectivity index (χ2v) is 6.96. The predicted octanol–water partition coefficient (Wildman–Crippen LogP) is 4.66. The summed E-state index contributed by atoms with van der Waals surface area (Å²) in [5.41, 5.74) is 3.52. The molecule has 1 fully saturated rings. The fourth-order valence-corrected chi connectivity index (χ4v) is 4.03. The normalized spacial score (nSPS) is 25.1. The van der Waals surface area contributed by atoms with E-state index in [1.54, 1.807) is 24.3 Å². The molecule has 2 aliphatic heterocycles. The Bertz CT molecular complexity index is 1080. The summed E-state index contributed by atoms with van der Waals surface area (Å²) in [6, 6.07) is 23.2. The van der Waals surface area contributed by atoms with Gasteiger partial charge in [0.25, 0.3) is 5.69 Å². The van der Waals surface area contributed by atoms with Gasteiger partial charge in [-0.1, -0.05) is 60.7 Å². The first-order valence-electron chi connectivity index (χ1n) is 9.04. The van der Waals surface area contributed by atoms with E-state index in [1.165, 1.54) is 18.2 Å². The molecule has 2 unspecified atom stereocenters. The predicted molar refractivity (Wildman–Crippen MR) is 104 cm³/mol. The van der Waals surface area contributed by atoms with Gasteiger partial charge in [-0.3, -0.25) is 20.0 Å². The maximum atomic E-state index is 14.5. The van der Waals surface area contributed by atoms with Crippen LogP contribution >= 0.6 is 0 Å². The largest absolute Gasteiger partial charge is 0.269 e. The Morgan fingerprint density at radius 1 is 0.893 bits per heavy atom. The van der Waals surface area contributed by atoms with E-state index in [4.69, 9.17) is 4.99 Å². The smallest absolute Gasteiger partial charge is 0.263 e. The zero-order chi connectivity index (χ0) is 19.3. The molecule has 0 bridgehead atoms. The summed E-state index contributed by atoms with van der Waals surface area (Å²) in [4.78, 5) is 17.5. The van der Waals surface area contributed by atoms with Crippen molar-refractivity contribution < 1.29 is 9.31 Å². The fourth-order valence-electron chi connectivity index (χ4n) is 4.03. The van der Waals surface area contributed by atoms with E-state index in [-0.39, 0.29) is 23.6 Å². The van der Waals surface area contributed by atoms with Crippen LogP contribution in [0.5, 0.6) is 0 Å². The van der Waals surface area contributed by atoms with Gasteiger partial charge in [0, 0.05) is 17.7 Å². The molecule has 6 heteroatoms. The number of hydrogen-bond donors (Lipinski definition) is 0. The van der Waals surface area contributed by atoms with Gasteiger partial charge in [0.05, 0.1) is 22.7 Å². The highest BCUT2D eigenvalue weighted by atomic mass is 19.1. The molecule has 2 heterocycles. The number of nitro groups is 1. The van der Waals surface area contributed by atoms with Crippen LogP contribution in [0, 0.1) is 15.9 Å². The van der Waals surface area contributed by atoms with Crippen LogP contribution in [0.15, 0.2) is 83.9 Å². The molecule has 0 N–H and O–H groups in total. The second-order valence-electron chi connectivity index (χ2n) is 6.96. The summed E-state index contributed by atoms with van der Waals surface area (Å²) >= 11 is 0. The van der Waals surface area contributed by atoms with Crippen LogP contribution in [0.2, 0.25) is 0 Å². The maximum absolute atomic E-state index is 14.5. The third-order valence-corrected chi connectivity index (χ3v) is 5.37. The second kappa shape index (κ2) is 6.35. The van der Waals surface area contributed by atoms with Gasteiger partial charge >= 0.3 is 0 Å². The minimum atomic E-state index is -0.406. The highest BCUT2D eigenvalue weighted by molar-refractivity contribution is 6.08. The Kier molecular flexibility index (Phi) is 3.80. The molecule has 0 saturated carbocycles. The van der Waals surface area contributed by atoms with Gasteiger partial charge in [-0.05, 0) is 17.2 Å². The van der Waals surface area contributed by atoms with Crippen molar-refractivity contribution in [2.75, 3.05) is 0 Å². The maximum Gasteiger partial charge on any atom is 0.269 e. The number of non-ortho nitro benzene ring substituents is 1. The fraction of sp³-hybridized carbons (Fsp3) is 0.136. The van der Waals surface area contributed by atoms with Crippen molar-refractivity contribution in [3.63, 3.8) is 0 Å². The summed E-state index contributed by atoms with van der Waals surface area (Å²) in [6.07, 6.45) is -0.401. The molecular formula is C22H16FN3O2. The minimum absolute atomic E-state index is 0.0260. The summed E-state index contributed by atoms with van der Waals surface area (Å²) in [7, 11) is 0. The Hall–Kier alpha value is -3.38. The van der Waals surface area contributed by atoms with Crippen molar-refractivity contribution in [2.45, 2.75) is 18.2 Å². The number of rotatable bonds is 4. The van der Waals surface area contributed by atoms with E-state index >= 15 is 0 Å². The molecule has 0 aromatic heterocycles. The van der Waals surface area contributed by atoms with E-state index in [1.807, 2.05) is 36.4 Å². The number of halogens is 1. The average Bonchev–Trinajstić information content (AvgIpc) is 3.33. The Balaban J connectivity index is 1.55. The van der Waals surface area contributed by atoms with Gasteiger partial charge in [-0.2, -0.15) is 0 Å². The number of aliphatic imine (C=N–C) groups is 1. The molecule has 1 saturated heterocycles. The number of fused-ring (bicyclic) bond motifs is 1. The summed E-state index contributed by atoms with van der Waals surface area (Å²) in [6.45, 7) is 0. The van der Waals surface area contributed by atoms with Crippen LogP contribution in [0.1, 0.15) is 28.9 Å². The van der Waals surface area contributed by atoms with Gasteiger partial charge in [0.15, 0.2) is 0 Å². The van der Waals surface area contributed by atoms with Crippen LogP contribution in [0.4, 0.5) is 10.1 Å². The summed E-state index contributed by atoms with van der Waals surface area (Å²) < 4.78 is 14.5. The lowest BCUT2D eigenvalue weighted by Gasteiger charge is -2.15. The lowest BCUT2D eigenvalue weighted by molar-refractivity contribution is -0.384. The van der Waals surface area contributed by atoms with Crippen LogP contribution in [-0.4, -0.2) is 21.6 Å². The lowest BCUT2D eigenvalue weighted by Crippen LogP contribution is -2.09. The molecule has 0 radical (unpaired) electrons. The van der Waals surface area contributed by atoms with E-state index in [0.29, 0.717) is 5.56 Å². The van der Waals surface area contributed by atoms with Crippen molar-refractivity contribution >= 4 is 11.4 Å². The number of nitrogens with zero attached hydrogens (tertiary/aromatic N) is 3. The Labute approximate surface area is 160 Å². The molecule has 0 aliphatic carbocycles. The molecule has 138 valence electrons. The quantitative estimate of drug-likeness (QED) is 0.380. The zero-order valence-electron chi connectivity index (χ0n) is 14.8. The van der Waals surface area contributed by atoms with Crippen LogP contribution in [0.25, 0.3) is 0 Å². The standard InChI is InChI=1S/C22H16FN3O2/c23-18-9-5-4-8-17(18)22-24-19(14-6-2-1-3-7-14)21-20(25(21)22)15-10-12-16(13-11-15)26(27)28/h1-13,20-22H/t20?,21-,22-,25?/m1/s1.